The molecule has 0 saturated carbocycles. The minimum absolute atomic E-state index is 0.0370. The summed E-state index contributed by atoms with van der Waals surface area (Å²) in [5, 5.41) is 8.88. The molecule has 3 fully saturated rings. The summed E-state index contributed by atoms with van der Waals surface area (Å²) in [5.74, 6) is -0.829. The normalized spacial score (nSPS) is 16.3. The van der Waals surface area contributed by atoms with Crippen molar-refractivity contribution in [3.63, 3.8) is 0 Å². The molecule has 3 aliphatic heterocycles. The van der Waals surface area contributed by atoms with E-state index < -0.39 is 5.24 Å². The number of hydrogen-bond acceptors (Lipinski definition) is 17. The lowest BCUT2D eigenvalue weighted by atomic mass is 9.77. The number of nitrogen functional groups attached to an aromatic ring is 3. The van der Waals surface area contributed by atoms with Crippen molar-refractivity contribution < 1.29 is 47.5 Å². The van der Waals surface area contributed by atoms with E-state index >= 15 is 0 Å². The maximum atomic E-state index is 13.5. The largest absolute Gasteiger partial charge is 0.496 e. The van der Waals surface area contributed by atoms with E-state index in [4.69, 9.17) is 47.6 Å². The van der Waals surface area contributed by atoms with Crippen LogP contribution >= 0.6 is 27.5 Å². The number of amides is 5. The number of nitrogens with two attached hydrogens (primary N) is 3. The van der Waals surface area contributed by atoms with E-state index in [2.05, 4.69) is 82.0 Å². The van der Waals surface area contributed by atoms with Crippen molar-refractivity contribution in [1.82, 2.24) is 40.2 Å². The maximum absolute atomic E-state index is 13.5. The number of halogens is 2. The number of aryl methyl sites for hydroxylation is 6. The number of pyridine rings is 2. The molecule has 25 heteroatoms. The molecule has 15 rings (SSSR count). The van der Waals surface area contributed by atoms with Crippen molar-refractivity contribution >= 4 is 97.6 Å². The average Bonchev–Trinajstić information content (AvgIpc) is 1.63. The lowest BCUT2D eigenvalue weighted by molar-refractivity contribution is 0.00578. The number of morpholine rings is 2. The van der Waals surface area contributed by atoms with Crippen molar-refractivity contribution in [2.24, 2.45) is 0 Å². The van der Waals surface area contributed by atoms with Gasteiger partial charge >= 0.3 is 7.12 Å². The summed E-state index contributed by atoms with van der Waals surface area (Å²) in [6.45, 7) is 25.5. The number of hydrogen-bond donors (Lipinski definition) is 6. The number of likely N-dealkylation sites (N-methyl/N-ethyl adjacent to an activating group) is 2. The summed E-state index contributed by atoms with van der Waals surface area (Å²) in [6.07, 6.45) is 9.36. The van der Waals surface area contributed by atoms with Gasteiger partial charge < -0.3 is 61.7 Å². The number of nitrogens with zero attached hydrogens (tertiary/aromatic N) is 6. The van der Waals surface area contributed by atoms with Gasteiger partial charge in [-0.15, -0.1) is 0 Å². The maximum Gasteiger partial charge on any atom is 0.496 e. The molecule has 0 unspecified atom stereocenters. The molecule has 5 heterocycles. The van der Waals surface area contributed by atoms with Gasteiger partial charge in [-0.25, -0.2) is 0 Å². The van der Waals surface area contributed by atoms with Crippen molar-refractivity contribution in [1.29, 1.82) is 0 Å². The number of carbonyl (C=O) groups is 6. The molecule has 22 nitrogen and oxygen atoms in total. The molecule has 8 aromatic carbocycles. The molecular formula is C96H111BBrClN12O10. The zero-order chi connectivity index (χ0) is 86.5. The topological polar surface area (TPSA) is 292 Å². The van der Waals surface area contributed by atoms with Crippen molar-refractivity contribution in [2.45, 2.75) is 117 Å². The highest BCUT2D eigenvalue weighted by molar-refractivity contribution is 9.10. The molecule has 2 aliphatic carbocycles. The second-order valence-electron chi connectivity index (χ2n) is 32.2. The van der Waals surface area contributed by atoms with Crippen molar-refractivity contribution in [2.75, 3.05) is 115 Å². The zero-order valence-electron chi connectivity index (χ0n) is 70.8. The SMILES string of the molecule is CN(CCN1CCOCC1)C(=O)c1cccc(C(=O)Cl)c1.Cc1ccc(N)c(-c2cc(C(=O)N[C@H]3CCCc4ccccc43)ccn2)c1.Cc1ccc(N)c(B2OC(C)(C)C(C)(C)O2)c1.Cc1ccc(N)c(Br)c1.Cc1ccc(NC(=O)c2cccc(C(=O)N(C)CCN3CCOCC3)c2)c(-c2cc(C(=O)N[C@H]3CCCc4ccccc43)ccn2)c1. The van der Waals surface area contributed by atoms with E-state index in [0.29, 0.717) is 93.7 Å². The molecule has 2 aromatic heterocycles. The van der Waals surface area contributed by atoms with Gasteiger partial charge in [0, 0.05) is 150 Å². The second kappa shape index (κ2) is 42.5. The predicted octanol–water partition coefficient (Wildman–Crippen LogP) is 15.7. The molecule has 10 aromatic rings. The van der Waals surface area contributed by atoms with E-state index in [1.54, 1.807) is 97.0 Å². The molecule has 5 aliphatic rings. The minimum atomic E-state index is -0.555. The van der Waals surface area contributed by atoms with E-state index in [-0.39, 0.29) is 59.9 Å². The fourth-order valence-electron chi connectivity index (χ4n) is 14.7. The summed E-state index contributed by atoms with van der Waals surface area (Å²) in [7, 11) is 3.17. The van der Waals surface area contributed by atoms with Gasteiger partial charge in [-0.2, -0.15) is 0 Å². The van der Waals surface area contributed by atoms with Gasteiger partial charge in [-0.3, -0.25) is 48.5 Å². The number of anilines is 4. The number of rotatable bonds is 18. The van der Waals surface area contributed by atoms with Crippen molar-refractivity contribution in [3.8, 4) is 22.5 Å². The first-order valence-electron chi connectivity index (χ1n) is 41.2. The fraction of sp³-hybridized carbons (Fsp3) is 0.333. The van der Waals surface area contributed by atoms with Crippen molar-refractivity contribution in [3.05, 3.63) is 289 Å². The van der Waals surface area contributed by atoms with E-state index in [1.807, 2.05) is 152 Å². The van der Waals surface area contributed by atoms with Gasteiger partial charge in [0.25, 0.3) is 34.8 Å². The number of carbonyl (C=O) groups excluding carboxylic acids is 6. The summed E-state index contributed by atoms with van der Waals surface area (Å²) in [5.41, 5.74) is 35.7. The monoisotopic (exact) mass is 1720 g/mol. The van der Waals surface area contributed by atoms with Crippen LogP contribution in [-0.4, -0.2) is 176 Å². The average molecular weight is 1720 g/mol. The summed E-state index contributed by atoms with van der Waals surface area (Å²) < 4.78 is 23.6. The Morgan fingerprint density at radius 3 is 1.40 bits per heavy atom. The van der Waals surface area contributed by atoms with Gasteiger partial charge in [-0.05, 0) is 246 Å². The Labute approximate surface area is 724 Å². The van der Waals surface area contributed by atoms with Crippen LogP contribution < -0.4 is 38.6 Å². The number of nitrogens with one attached hydrogen (secondary N) is 3. The van der Waals surface area contributed by atoms with Crippen LogP contribution in [-0.2, 0) is 31.6 Å². The lowest BCUT2D eigenvalue weighted by Gasteiger charge is -2.32. The van der Waals surface area contributed by atoms with Gasteiger partial charge in [0.1, 0.15) is 0 Å². The molecule has 0 bridgehead atoms. The molecule has 5 amide bonds. The third kappa shape index (κ3) is 24.9. The zero-order valence-corrected chi connectivity index (χ0v) is 73.2. The van der Waals surface area contributed by atoms with Gasteiger partial charge in [0.2, 0.25) is 0 Å². The highest BCUT2D eigenvalue weighted by Crippen LogP contribution is 2.38. The Morgan fingerprint density at radius 2 is 0.909 bits per heavy atom. The second-order valence-corrected chi connectivity index (χ2v) is 33.4. The van der Waals surface area contributed by atoms with Crippen LogP contribution in [0.5, 0.6) is 0 Å². The third-order valence-corrected chi connectivity index (χ3v) is 23.5. The summed E-state index contributed by atoms with van der Waals surface area (Å²) in [4.78, 5) is 93.4. The standard InChI is InChI=1S/C38H41N5O4.C23H23N3O.C15H19ClN2O3.C13H20BNO2.C7H8BrN/c1-26-13-14-34(41-36(44)28-9-5-10-30(24-28)38(46)42(2)17-18-43-19-21-47-22-20-43)32(23-26)35-25-29(15-16-39-35)37(45)40-33-12-6-8-27-7-3-4-11-31(27)33;1-15-9-10-20(24)19(13-15)22-14-17(11-12-25-22)23(27)26-21-8-4-6-16-5-2-3-7-18(16)21;1-17(5-6-18-7-9-21-10-8-18)15(20)13-4-2-3-12(11-13)14(16)19;1-9-6-7-11(15)10(8-9)14-16-12(2,3)13(4,5)17-14;1-5-2-3-7(9)6(8)4-5/h3-5,7,9-11,13-16,23-25,33H,6,8,12,17-22H2,1-2H3,(H,40,45)(H,41,44);2-3,5,7,9-14,21H,4,6,8,24H2,1H3,(H,26,27);2-4,11H,5-10H2,1H3;6-8H,15H2,1-5H3;2-4H,9H2,1H3/t33-;21-;;;/m00.../s1. The molecule has 632 valence electrons. The molecule has 2 atom stereocenters. The Hall–Kier alpha value is -10.9. The molecule has 9 N–H and O–H groups in total. The Bertz CT molecular complexity index is 5300. The third-order valence-electron chi connectivity index (χ3n) is 22.6. The Balaban J connectivity index is 0.000000163. The molecular weight excluding hydrogens is 1610 g/mol. The highest BCUT2D eigenvalue weighted by atomic mass is 79.9. The van der Waals surface area contributed by atoms with E-state index in [9.17, 15) is 28.8 Å². The summed E-state index contributed by atoms with van der Waals surface area (Å²) in [6, 6.07) is 60.3. The van der Waals surface area contributed by atoms with Crippen LogP contribution in [0, 0.1) is 27.7 Å². The highest BCUT2D eigenvalue weighted by Gasteiger charge is 2.52. The van der Waals surface area contributed by atoms with Crippen LogP contribution in [0.3, 0.4) is 0 Å². The number of fused-ring (bicyclic) bond motifs is 2. The van der Waals surface area contributed by atoms with Gasteiger partial charge in [0.05, 0.1) is 66.8 Å². The number of benzene rings is 8. The Kier molecular flexibility index (Phi) is 31.9. The molecule has 0 radical (unpaired) electrons. The first-order valence-corrected chi connectivity index (χ1v) is 42.4. The smallest absolute Gasteiger partial charge is 0.399 e. The van der Waals surface area contributed by atoms with Crippen LogP contribution in [0.2, 0.25) is 0 Å². The van der Waals surface area contributed by atoms with E-state index in [1.165, 1.54) is 33.9 Å². The number of ether oxygens (including phenoxy) is 2. The van der Waals surface area contributed by atoms with E-state index in [0.717, 1.165) is 129 Å². The van der Waals surface area contributed by atoms with Crippen LogP contribution in [0.25, 0.3) is 22.5 Å². The Morgan fingerprint density at radius 1 is 0.488 bits per heavy atom. The van der Waals surface area contributed by atoms with Crippen LogP contribution in [0.15, 0.2) is 211 Å². The molecule has 0 spiro atoms. The lowest BCUT2D eigenvalue weighted by Crippen LogP contribution is -2.41. The van der Waals surface area contributed by atoms with Gasteiger partial charge in [-0.1, -0.05) is 114 Å². The first kappa shape index (κ1) is 90.8. The van der Waals surface area contributed by atoms with Crippen LogP contribution in [0.1, 0.15) is 172 Å². The summed E-state index contributed by atoms with van der Waals surface area (Å²) >= 11 is 8.76. The first-order chi connectivity index (χ1) is 58.0. The minimum Gasteiger partial charge on any atom is -0.399 e. The predicted molar refractivity (Wildman–Crippen MR) is 486 cm³/mol. The fourth-order valence-corrected chi connectivity index (χ4v) is 15.3. The van der Waals surface area contributed by atoms with Crippen LogP contribution in [0.4, 0.5) is 22.7 Å². The quantitative estimate of drug-likeness (QED) is 0.0264. The molecule has 3 saturated heterocycles. The van der Waals surface area contributed by atoms with Gasteiger partial charge in [0.15, 0.2) is 0 Å². The number of aromatic nitrogens is 2. The molecule has 121 heavy (non-hydrogen) atoms.